The highest BCUT2D eigenvalue weighted by Crippen LogP contribution is 1.99. The first kappa shape index (κ1) is 6.58. The van der Waals surface area contributed by atoms with Crippen molar-refractivity contribution in [1.29, 1.82) is 0 Å². The average Bonchev–Trinajstić information content (AvgIpc) is 1.35. The zero-order valence-corrected chi connectivity index (χ0v) is 5.26. The van der Waals surface area contributed by atoms with Crippen molar-refractivity contribution in [2.75, 3.05) is 5.88 Å². The fourth-order valence-electron chi connectivity index (χ4n) is 0.150. The highest BCUT2D eigenvalue weighted by atomic mass is 35.5. The van der Waals surface area contributed by atoms with Crippen molar-refractivity contribution in [3.63, 3.8) is 0 Å². The predicted molar refractivity (Wildman–Crippen MR) is 30.7 cm³/mol. The summed E-state index contributed by atoms with van der Waals surface area (Å²) in [7, 11) is 0. The van der Waals surface area contributed by atoms with Gasteiger partial charge in [-0.15, -0.1) is 23.2 Å². The van der Waals surface area contributed by atoms with Crippen LogP contribution in [0, 0.1) is 0 Å². The molecule has 1 atom stereocenters. The molecule has 0 amide bonds. The minimum absolute atomic E-state index is 0.238. The second kappa shape index (κ2) is 3.76. The topological polar surface area (TPSA) is 0 Å². The normalized spacial score (nSPS) is 14.5. The molecule has 0 aromatic rings. The maximum atomic E-state index is 5.49. The van der Waals surface area contributed by atoms with Gasteiger partial charge in [-0.3, -0.25) is 0 Å². The van der Waals surface area contributed by atoms with E-state index < -0.39 is 0 Å². The Balaban J connectivity index is 2.63. The molecule has 0 spiro atoms. The van der Waals surface area contributed by atoms with Crippen LogP contribution in [0.2, 0.25) is 0 Å². The Hall–Kier alpha value is 0.580. The zero-order valence-electron chi connectivity index (χ0n) is 3.75. The Morgan fingerprint density at radius 3 is 2.17 bits per heavy atom. The van der Waals surface area contributed by atoms with E-state index >= 15 is 0 Å². The third-order valence-corrected chi connectivity index (χ3v) is 0.943. The summed E-state index contributed by atoms with van der Waals surface area (Å²) in [5.74, 6) is 0.671. The van der Waals surface area contributed by atoms with Crippen LogP contribution in [-0.4, -0.2) is 11.3 Å². The van der Waals surface area contributed by atoms with Gasteiger partial charge in [-0.2, -0.15) is 0 Å². The fourth-order valence-corrected chi connectivity index (χ4v) is 0.698. The molecule has 0 aliphatic carbocycles. The SMILES string of the molecule is C[C@H](Cl)CCCl. The lowest BCUT2D eigenvalue weighted by Gasteiger charge is -1.92. The smallest absolute Gasteiger partial charge is 0.0319 e. The standard InChI is InChI=1S/C4H8Cl2/c1-4(6)2-3-5/h4H,2-3H2,1H3/t4-/m0/s1. The maximum Gasteiger partial charge on any atom is 0.0319 e. The summed E-state index contributed by atoms with van der Waals surface area (Å²) < 4.78 is 0. The Morgan fingerprint density at radius 2 is 2.17 bits per heavy atom. The van der Waals surface area contributed by atoms with Gasteiger partial charge < -0.3 is 0 Å². The van der Waals surface area contributed by atoms with Gasteiger partial charge in [-0.25, -0.2) is 0 Å². The molecule has 6 heavy (non-hydrogen) atoms. The minimum Gasteiger partial charge on any atom is -0.127 e. The van der Waals surface area contributed by atoms with Crippen LogP contribution in [0.3, 0.4) is 0 Å². The Bertz CT molecular complexity index is 26.7. The first-order valence-electron chi connectivity index (χ1n) is 1.97. The van der Waals surface area contributed by atoms with E-state index in [0.717, 1.165) is 6.42 Å². The van der Waals surface area contributed by atoms with Gasteiger partial charge in [0.1, 0.15) is 0 Å². The molecular weight excluding hydrogens is 119 g/mol. The van der Waals surface area contributed by atoms with Crippen LogP contribution >= 0.6 is 23.2 Å². The molecule has 0 nitrogen and oxygen atoms in total. The largest absolute Gasteiger partial charge is 0.127 e. The Labute approximate surface area is 48.4 Å². The molecule has 0 rings (SSSR count). The number of hydrogen-bond acceptors (Lipinski definition) is 0. The maximum absolute atomic E-state index is 5.49. The van der Waals surface area contributed by atoms with E-state index in [4.69, 9.17) is 23.2 Å². The van der Waals surface area contributed by atoms with E-state index in [-0.39, 0.29) is 5.38 Å². The Morgan fingerprint density at radius 1 is 1.67 bits per heavy atom. The van der Waals surface area contributed by atoms with Crippen molar-refractivity contribution < 1.29 is 0 Å². The molecule has 0 radical (unpaired) electrons. The predicted octanol–water partition coefficient (Wildman–Crippen LogP) is 2.24. The van der Waals surface area contributed by atoms with Crippen molar-refractivity contribution in [2.45, 2.75) is 18.7 Å². The van der Waals surface area contributed by atoms with E-state index in [1.54, 1.807) is 0 Å². The molecule has 0 bridgehead atoms. The van der Waals surface area contributed by atoms with Crippen LogP contribution in [0.25, 0.3) is 0 Å². The highest BCUT2D eigenvalue weighted by molar-refractivity contribution is 6.22. The van der Waals surface area contributed by atoms with Gasteiger partial charge in [0.05, 0.1) is 0 Å². The van der Waals surface area contributed by atoms with Crippen LogP contribution in [0.4, 0.5) is 0 Å². The van der Waals surface area contributed by atoms with E-state index in [2.05, 4.69) is 0 Å². The van der Waals surface area contributed by atoms with Crippen molar-refractivity contribution in [1.82, 2.24) is 0 Å². The third kappa shape index (κ3) is 4.58. The van der Waals surface area contributed by atoms with Crippen LogP contribution < -0.4 is 0 Å². The van der Waals surface area contributed by atoms with Gasteiger partial charge in [-0.1, -0.05) is 0 Å². The van der Waals surface area contributed by atoms with Crippen molar-refractivity contribution >= 4 is 23.2 Å². The molecule has 0 fully saturated rings. The van der Waals surface area contributed by atoms with E-state index in [9.17, 15) is 0 Å². The molecule has 38 valence electrons. The average molecular weight is 127 g/mol. The van der Waals surface area contributed by atoms with E-state index in [1.165, 1.54) is 0 Å². The molecule has 2 heteroatoms. The lowest BCUT2D eigenvalue weighted by molar-refractivity contribution is 0.902. The summed E-state index contributed by atoms with van der Waals surface area (Å²) >= 11 is 10.8. The molecule has 0 aromatic heterocycles. The molecule has 0 aliphatic heterocycles. The summed E-state index contributed by atoms with van der Waals surface area (Å²) in [6.07, 6.45) is 0.906. The molecular formula is C4H8Cl2. The molecule has 0 saturated carbocycles. The monoisotopic (exact) mass is 126 g/mol. The first-order valence-corrected chi connectivity index (χ1v) is 2.94. The molecule has 0 unspecified atom stereocenters. The van der Waals surface area contributed by atoms with Gasteiger partial charge in [0.2, 0.25) is 0 Å². The van der Waals surface area contributed by atoms with Crippen LogP contribution in [0.1, 0.15) is 13.3 Å². The lowest BCUT2D eigenvalue weighted by Crippen LogP contribution is -1.88. The second-order valence-electron chi connectivity index (χ2n) is 1.26. The summed E-state index contributed by atoms with van der Waals surface area (Å²) in [4.78, 5) is 0. The highest BCUT2D eigenvalue weighted by Gasteiger charge is 1.89. The summed E-state index contributed by atoms with van der Waals surface area (Å²) in [5.41, 5.74) is 0. The van der Waals surface area contributed by atoms with Gasteiger partial charge in [-0.05, 0) is 13.3 Å². The van der Waals surface area contributed by atoms with Crippen molar-refractivity contribution in [3.8, 4) is 0 Å². The van der Waals surface area contributed by atoms with Gasteiger partial charge in [0, 0.05) is 11.3 Å². The number of hydrogen-bond donors (Lipinski definition) is 0. The first-order chi connectivity index (χ1) is 2.77. The molecule has 0 heterocycles. The van der Waals surface area contributed by atoms with Gasteiger partial charge in [0.15, 0.2) is 0 Å². The number of rotatable bonds is 2. The van der Waals surface area contributed by atoms with E-state index in [0.29, 0.717) is 5.88 Å². The van der Waals surface area contributed by atoms with Gasteiger partial charge >= 0.3 is 0 Å². The van der Waals surface area contributed by atoms with Crippen LogP contribution in [-0.2, 0) is 0 Å². The minimum atomic E-state index is 0.238. The molecule has 0 N–H and O–H groups in total. The van der Waals surface area contributed by atoms with Crippen LogP contribution in [0.15, 0.2) is 0 Å². The number of halogens is 2. The number of alkyl halides is 2. The quantitative estimate of drug-likeness (QED) is 0.499. The zero-order chi connectivity index (χ0) is 4.99. The Kier molecular flexibility index (Phi) is 4.12. The lowest BCUT2D eigenvalue weighted by atomic mass is 10.4. The van der Waals surface area contributed by atoms with Crippen molar-refractivity contribution in [2.24, 2.45) is 0 Å². The summed E-state index contributed by atoms with van der Waals surface area (Å²) in [6.45, 7) is 1.93. The van der Waals surface area contributed by atoms with Crippen LogP contribution in [0.5, 0.6) is 0 Å². The molecule has 0 aliphatic rings. The molecule has 0 saturated heterocycles. The van der Waals surface area contributed by atoms with Gasteiger partial charge in [0.25, 0.3) is 0 Å². The summed E-state index contributed by atoms with van der Waals surface area (Å²) in [6, 6.07) is 0. The fraction of sp³-hybridized carbons (Fsp3) is 1.00. The summed E-state index contributed by atoms with van der Waals surface area (Å²) in [5, 5.41) is 0.238. The van der Waals surface area contributed by atoms with Crippen molar-refractivity contribution in [3.05, 3.63) is 0 Å². The molecule has 0 aromatic carbocycles. The second-order valence-corrected chi connectivity index (χ2v) is 2.38. The van der Waals surface area contributed by atoms with E-state index in [1.807, 2.05) is 6.92 Å². The third-order valence-electron chi connectivity index (χ3n) is 0.507.